The zero-order chi connectivity index (χ0) is 23.0. The van der Waals surface area contributed by atoms with Gasteiger partial charge in [-0.3, -0.25) is 10.3 Å². The van der Waals surface area contributed by atoms with Gasteiger partial charge in [-0.15, -0.1) is 0 Å². The largest absolute Gasteiger partial charge is 0.503 e. The summed E-state index contributed by atoms with van der Waals surface area (Å²) in [6, 6.07) is 9.99. The number of hydrogen-bond acceptors (Lipinski definition) is 6. The van der Waals surface area contributed by atoms with E-state index in [1.54, 1.807) is 19.2 Å². The van der Waals surface area contributed by atoms with Gasteiger partial charge in [0.2, 0.25) is 0 Å². The smallest absolute Gasteiger partial charge is 0.181 e. The molecule has 0 bridgehead atoms. The minimum Gasteiger partial charge on any atom is -0.503 e. The third-order valence-corrected chi connectivity index (χ3v) is 6.06. The van der Waals surface area contributed by atoms with Gasteiger partial charge in [-0.25, -0.2) is 0 Å². The average Bonchev–Trinajstić information content (AvgIpc) is 2.78. The number of benzene rings is 1. The van der Waals surface area contributed by atoms with E-state index in [1.165, 1.54) is 18.2 Å². The Kier molecular flexibility index (Phi) is 9.01. The van der Waals surface area contributed by atoms with E-state index in [1.807, 2.05) is 6.07 Å². The van der Waals surface area contributed by atoms with Gasteiger partial charge < -0.3 is 19.4 Å². The summed E-state index contributed by atoms with van der Waals surface area (Å²) in [5, 5.41) is 13.4. The molecule has 170 valence electrons. The first-order valence-corrected chi connectivity index (χ1v) is 10.9. The van der Waals surface area contributed by atoms with Gasteiger partial charge in [-0.1, -0.05) is 44.5 Å². The van der Waals surface area contributed by atoms with Crippen LogP contribution in [0.5, 0.6) is 11.5 Å². The van der Waals surface area contributed by atoms with Gasteiger partial charge in [0.1, 0.15) is 6.29 Å². The maximum Gasteiger partial charge on any atom is 0.181 e. The molecule has 0 amide bonds. The summed E-state index contributed by atoms with van der Waals surface area (Å²) in [6.07, 6.45) is 3.38. The number of aldehydes is 1. The Balaban J connectivity index is 2.10. The molecule has 0 spiro atoms. The first-order chi connectivity index (χ1) is 14.8. The van der Waals surface area contributed by atoms with Crippen molar-refractivity contribution >= 4 is 6.29 Å². The molecule has 6 heteroatoms. The van der Waals surface area contributed by atoms with Crippen LogP contribution in [0.3, 0.4) is 0 Å². The molecule has 1 aromatic heterocycles. The molecule has 6 nitrogen and oxygen atoms in total. The van der Waals surface area contributed by atoms with Crippen molar-refractivity contribution in [2.24, 2.45) is 5.92 Å². The molecule has 31 heavy (non-hydrogen) atoms. The number of carbonyl (C=O) groups excluding carboxylic acids is 1. The van der Waals surface area contributed by atoms with E-state index in [0.29, 0.717) is 17.4 Å². The van der Waals surface area contributed by atoms with Gasteiger partial charge in [-0.2, -0.15) is 0 Å². The average molecular weight is 429 g/mol. The number of methoxy groups -OCH3 is 1. The predicted octanol–water partition coefficient (Wildman–Crippen LogP) is 4.39. The molecule has 1 unspecified atom stereocenters. The van der Waals surface area contributed by atoms with Crippen molar-refractivity contribution in [3.63, 3.8) is 0 Å². The topological polar surface area (TPSA) is 80.7 Å². The van der Waals surface area contributed by atoms with Gasteiger partial charge in [0.15, 0.2) is 11.5 Å². The van der Waals surface area contributed by atoms with Gasteiger partial charge in [0.25, 0.3) is 0 Å². The Morgan fingerprint density at radius 3 is 2.58 bits per heavy atom. The van der Waals surface area contributed by atoms with Gasteiger partial charge in [-0.05, 0) is 37.8 Å². The van der Waals surface area contributed by atoms with Crippen LogP contribution in [0.4, 0.5) is 0 Å². The number of hydrogen-bond donors (Lipinski definition) is 2. The molecule has 0 radical (unpaired) electrons. The van der Waals surface area contributed by atoms with Gasteiger partial charge >= 0.3 is 0 Å². The second kappa shape index (κ2) is 11.3. The highest BCUT2D eigenvalue weighted by molar-refractivity contribution is 5.63. The zero-order valence-electron chi connectivity index (χ0n) is 19.5. The lowest BCUT2D eigenvalue weighted by Gasteiger charge is -2.33. The minimum atomic E-state index is -0.919. The van der Waals surface area contributed by atoms with Crippen LogP contribution in [-0.4, -0.2) is 41.7 Å². The van der Waals surface area contributed by atoms with Crippen molar-refractivity contribution in [2.75, 3.05) is 13.7 Å². The molecule has 0 aliphatic heterocycles. The summed E-state index contributed by atoms with van der Waals surface area (Å²) < 4.78 is 11.4. The second-order valence-corrected chi connectivity index (χ2v) is 8.48. The maximum atomic E-state index is 11.9. The molecule has 0 fully saturated rings. The van der Waals surface area contributed by atoms with Crippen molar-refractivity contribution in [1.29, 1.82) is 0 Å². The van der Waals surface area contributed by atoms with Crippen molar-refractivity contribution in [2.45, 2.75) is 65.1 Å². The van der Waals surface area contributed by atoms with Gasteiger partial charge in [0, 0.05) is 24.7 Å². The standard InChI is InChI=1S/C25H36N2O4/c1-7-17(2)23(20-11-9-8-10-18(20)3)19(4)31-16-25(5,15-28)27-14-21-24(29)22(30-6)12-13-26-21/h8-13,15,17,19,23,27,29H,7,14,16H2,1-6H3/t17?,19-,23+,25+/m0/s1. The number of nitrogens with one attached hydrogen (secondary N) is 1. The lowest BCUT2D eigenvalue weighted by molar-refractivity contribution is -0.116. The van der Waals surface area contributed by atoms with Crippen LogP contribution in [0, 0.1) is 12.8 Å². The fourth-order valence-electron chi connectivity index (χ4n) is 3.83. The lowest BCUT2D eigenvalue weighted by atomic mass is 9.80. The first-order valence-electron chi connectivity index (χ1n) is 10.9. The number of rotatable bonds is 12. The third-order valence-electron chi connectivity index (χ3n) is 6.06. The Bertz CT molecular complexity index is 857. The summed E-state index contributed by atoms with van der Waals surface area (Å²) in [7, 11) is 1.49. The van der Waals surface area contributed by atoms with Crippen LogP contribution in [0.25, 0.3) is 0 Å². The molecule has 0 aliphatic rings. The molecule has 0 aliphatic carbocycles. The van der Waals surface area contributed by atoms with E-state index in [9.17, 15) is 9.90 Å². The van der Waals surface area contributed by atoms with E-state index in [4.69, 9.17) is 9.47 Å². The molecular weight excluding hydrogens is 392 g/mol. The summed E-state index contributed by atoms with van der Waals surface area (Å²) in [6.45, 7) is 10.8. The highest BCUT2D eigenvalue weighted by Crippen LogP contribution is 2.34. The van der Waals surface area contributed by atoms with Gasteiger partial charge in [0.05, 0.1) is 31.1 Å². The fourth-order valence-corrected chi connectivity index (χ4v) is 3.83. The molecule has 2 aromatic rings. The molecule has 0 saturated carbocycles. The number of aromatic nitrogens is 1. The Labute approximate surface area is 186 Å². The van der Waals surface area contributed by atoms with Crippen LogP contribution in [0.15, 0.2) is 36.5 Å². The van der Waals surface area contributed by atoms with Crippen LogP contribution in [0.2, 0.25) is 0 Å². The second-order valence-electron chi connectivity index (χ2n) is 8.48. The predicted molar refractivity (Wildman–Crippen MR) is 123 cm³/mol. The monoisotopic (exact) mass is 428 g/mol. The highest BCUT2D eigenvalue weighted by atomic mass is 16.5. The van der Waals surface area contributed by atoms with Crippen LogP contribution in [-0.2, 0) is 16.1 Å². The normalized spacial score (nSPS) is 16.2. The Morgan fingerprint density at radius 1 is 1.26 bits per heavy atom. The highest BCUT2D eigenvalue weighted by Gasteiger charge is 2.30. The Hall–Kier alpha value is -2.44. The quantitative estimate of drug-likeness (QED) is 0.488. The van der Waals surface area contributed by atoms with Crippen molar-refractivity contribution in [1.82, 2.24) is 10.3 Å². The number of pyridine rings is 1. The van der Waals surface area contributed by atoms with Crippen LogP contribution < -0.4 is 10.1 Å². The maximum absolute atomic E-state index is 11.9. The lowest BCUT2D eigenvalue weighted by Crippen LogP contribution is -2.48. The molecule has 2 N–H and O–H groups in total. The van der Waals surface area contributed by atoms with E-state index < -0.39 is 5.54 Å². The van der Waals surface area contributed by atoms with Crippen molar-refractivity contribution in [3.8, 4) is 11.5 Å². The van der Waals surface area contributed by atoms with Crippen LogP contribution in [0.1, 0.15) is 56.9 Å². The zero-order valence-corrected chi connectivity index (χ0v) is 19.5. The summed E-state index contributed by atoms with van der Waals surface area (Å²) in [4.78, 5) is 16.1. The van der Waals surface area contributed by atoms with E-state index in [0.717, 1.165) is 12.7 Å². The molecule has 1 heterocycles. The number of aromatic hydroxyl groups is 1. The minimum absolute atomic E-state index is 0.0311. The molecule has 1 aromatic carbocycles. The molecular formula is C25H36N2O4. The molecule has 0 saturated heterocycles. The van der Waals surface area contributed by atoms with E-state index in [-0.39, 0.29) is 30.9 Å². The van der Waals surface area contributed by atoms with E-state index in [2.05, 4.69) is 56.2 Å². The van der Waals surface area contributed by atoms with Crippen molar-refractivity contribution < 1.29 is 19.4 Å². The number of aryl methyl sites for hydroxylation is 1. The Morgan fingerprint density at radius 2 is 1.97 bits per heavy atom. The van der Waals surface area contributed by atoms with E-state index >= 15 is 0 Å². The van der Waals surface area contributed by atoms with Crippen LogP contribution >= 0.6 is 0 Å². The summed E-state index contributed by atoms with van der Waals surface area (Å²) in [5.41, 5.74) is 2.03. The van der Waals surface area contributed by atoms with Crippen molar-refractivity contribution in [3.05, 3.63) is 53.3 Å². The third kappa shape index (κ3) is 6.28. The first kappa shape index (κ1) is 24.8. The number of ether oxygens (including phenoxy) is 2. The molecule has 2 rings (SSSR count). The number of nitrogens with zero attached hydrogens (tertiary/aromatic N) is 1. The number of carbonyl (C=O) groups is 1. The molecule has 4 atom stereocenters. The SMILES string of the molecule is CCC(C)[C@@H](c1ccccc1C)[C@H](C)OC[C@@](C)(C=O)NCc1nccc(OC)c1O. The summed E-state index contributed by atoms with van der Waals surface area (Å²) in [5.74, 6) is 0.978. The summed E-state index contributed by atoms with van der Waals surface area (Å²) >= 11 is 0. The fraction of sp³-hybridized carbons (Fsp3) is 0.520.